The first-order valence-electron chi connectivity index (χ1n) is 4.88. The lowest BCUT2D eigenvalue weighted by Gasteiger charge is -2.00. The highest BCUT2D eigenvalue weighted by atomic mass is 14.9. The molecule has 1 aromatic carbocycles. The fraction of sp³-hybridized carbons (Fsp3) is 0.364. The van der Waals surface area contributed by atoms with Crippen molar-refractivity contribution in [2.75, 3.05) is 0 Å². The van der Waals surface area contributed by atoms with Crippen LogP contribution in [0, 0.1) is 0 Å². The van der Waals surface area contributed by atoms with Crippen LogP contribution < -0.4 is 11.5 Å². The minimum Gasteiger partial charge on any atom is -0.387 e. The van der Waals surface area contributed by atoms with E-state index < -0.39 is 0 Å². The van der Waals surface area contributed by atoms with Gasteiger partial charge in [0, 0.05) is 13.0 Å². The van der Waals surface area contributed by atoms with Gasteiger partial charge in [0.2, 0.25) is 0 Å². The molecular formula is C11H17N3. The van der Waals surface area contributed by atoms with E-state index >= 15 is 0 Å². The Morgan fingerprint density at radius 3 is 2.86 bits per heavy atom. The van der Waals surface area contributed by atoms with Crippen LogP contribution in [-0.2, 0) is 6.54 Å². The normalized spacial score (nSPS) is 11.7. The van der Waals surface area contributed by atoms with Crippen LogP contribution in [0.1, 0.15) is 25.3 Å². The summed E-state index contributed by atoms with van der Waals surface area (Å²) in [5, 5.41) is 0. The van der Waals surface area contributed by atoms with E-state index in [2.05, 4.69) is 11.9 Å². The first kappa shape index (κ1) is 10.7. The van der Waals surface area contributed by atoms with E-state index in [0.717, 1.165) is 24.1 Å². The number of hydrogen-bond donors (Lipinski definition) is 2. The van der Waals surface area contributed by atoms with Gasteiger partial charge in [0.15, 0.2) is 0 Å². The molecule has 0 fully saturated rings. The molecule has 0 unspecified atom stereocenters. The molecule has 0 amide bonds. The fourth-order valence-electron chi connectivity index (χ4n) is 1.23. The summed E-state index contributed by atoms with van der Waals surface area (Å²) in [6, 6.07) is 7.82. The van der Waals surface area contributed by atoms with E-state index in [9.17, 15) is 0 Å². The SMILES string of the molecule is CCCC(N)=Nc1cccc(CN)c1. The molecule has 4 N–H and O–H groups in total. The smallest absolute Gasteiger partial charge is 0.0996 e. The van der Waals surface area contributed by atoms with Gasteiger partial charge >= 0.3 is 0 Å². The average molecular weight is 191 g/mol. The highest BCUT2D eigenvalue weighted by molar-refractivity contribution is 5.83. The van der Waals surface area contributed by atoms with Crippen LogP contribution in [0.25, 0.3) is 0 Å². The topological polar surface area (TPSA) is 64.4 Å². The lowest BCUT2D eigenvalue weighted by Crippen LogP contribution is -2.09. The van der Waals surface area contributed by atoms with Crippen LogP contribution in [0.3, 0.4) is 0 Å². The van der Waals surface area contributed by atoms with Gasteiger partial charge in [-0.15, -0.1) is 0 Å². The van der Waals surface area contributed by atoms with Crippen LogP contribution in [0.2, 0.25) is 0 Å². The summed E-state index contributed by atoms with van der Waals surface area (Å²) in [5.74, 6) is 0.682. The first-order valence-corrected chi connectivity index (χ1v) is 4.88. The third-order valence-electron chi connectivity index (χ3n) is 1.93. The molecule has 3 nitrogen and oxygen atoms in total. The molecule has 0 radical (unpaired) electrons. The molecule has 0 heterocycles. The molecular weight excluding hydrogens is 174 g/mol. The second kappa shape index (κ2) is 5.40. The molecule has 0 atom stereocenters. The average Bonchev–Trinajstić information content (AvgIpc) is 2.18. The van der Waals surface area contributed by atoms with E-state index in [0.29, 0.717) is 12.4 Å². The second-order valence-electron chi connectivity index (χ2n) is 3.23. The molecule has 0 saturated heterocycles. The predicted octanol–water partition coefficient (Wildman–Crippen LogP) is 1.93. The van der Waals surface area contributed by atoms with Crippen molar-refractivity contribution in [3.05, 3.63) is 29.8 Å². The molecule has 0 aromatic heterocycles. The Kier molecular flexibility index (Phi) is 4.13. The number of rotatable bonds is 4. The van der Waals surface area contributed by atoms with E-state index in [1.807, 2.05) is 24.3 Å². The van der Waals surface area contributed by atoms with Gasteiger partial charge in [0.1, 0.15) is 0 Å². The number of hydrogen-bond acceptors (Lipinski definition) is 2. The molecule has 3 heteroatoms. The maximum absolute atomic E-state index is 5.73. The summed E-state index contributed by atoms with van der Waals surface area (Å²) >= 11 is 0. The van der Waals surface area contributed by atoms with E-state index in [4.69, 9.17) is 11.5 Å². The highest BCUT2D eigenvalue weighted by Crippen LogP contribution is 2.14. The number of nitrogens with two attached hydrogens (primary N) is 2. The van der Waals surface area contributed by atoms with Gasteiger partial charge in [-0.05, 0) is 24.1 Å². The zero-order valence-electron chi connectivity index (χ0n) is 8.53. The van der Waals surface area contributed by atoms with Gasteiger partial charge in [-0.3, -0.25) is 0 Å². The number of nitrogens with zero attached hydrogens (tertiary/aromatic N) is 1. The van der Waals surface area contributed by atoms with Crippen molar-refractivity contribution in [3.63, 3.8) is 0 Å². The largest absolute Gasteiger partial charge is 0.387 e. The van der Waals surface area contributed by atoms with E-state index in [1.165, 1.54) is 0 Å². The zero-order chi connectivity index (χ0) is 10.4. The standard InChI is InChI=1S/C11H17N3/c1-2-4-11(13)14-10-6-3-5-9(7-10)8-12/h3,5-7H,2,4,8,12H2,1H3,(H2,13,14). The van der Waals surface area contributed by atoms with Crippen LogP contribution in [-0.4, -0.2) is 5.84 Å². The summed E-state index contributed by atoms with van der Waals surface area (Å²) in [5.41, 5.74) is 13.2. The molecule has 0 aliphatic heterocycles. The van der Waals surface area contributed by atoms with Gasteiger partial charge < -0.3 is 11.5 Å². The van der Waals surface area contributed by atoms with Crippen LogP contribution in [0.5, 0.6) is 0 Å². The molecule has 0 spiro atoms. The van der Waals surface area contributed by atoms with Crippen molar-refractivity contribution in [1.82, 2.24) is 0 Å². The summed E-state index contributed by atoms with van der Waals surface area (Å²) in [7, 11) is 0. The van der Waals surface area contributed by atoms with Gasteiger partial charge in [-0.1, -0.05) is 19.1 Å². The third-order valence-corrected chi connectivity index (χ3v) is 1.93. The van der Waals surface area contributed by atoms with Crippen molar-refractivity contribution < 1.29 is 0 Å². The highest BCUT2D eigenvalue weighted by Gasteiger charge is 1.94. The Balaban J connectivity index is 2.80. The van der Waals surface area contributed by atoms with E-state index in [-0.39, 0.29) is 0 Å². The Labute approximate surface area is 84.8 Å². The van der Waals surface area contributed by atoms with Crippen molar-refractivity contribution in [1.29, 1.82) is 0 Å². The maximum Gasteiger partial charge on any atom is 0.0996 e. The lowest BCUT2D eigenvalue weighted by atomic mass is 10.2. The summed E-state index contributed by atoms with van der Waals surface area (Å²) in [6.45, 7) is 2.62. The number of benzene rings is 1. The monoisotopic (exact) mass is 191 g/mol. The molecule has 0 saturated carbocycles. The minimum absolute atomic E-state index is 0.539. The van der Waals surface area contributed by atoms with Gasteiger partial charge in [-0.25, -0.2) is 4.99 Å². The summed E-state index contributed by atoms with van der Waals surface area (Å²) in [6.07, 6.45) is 1.86. The van der Waals surface area contributed by atoms with Gasteiger partial charge in [-0.2, -0.15) is 0 Å². The molecule has 76 valence electrons. The van der Waals surface area contributed by atoms with Crippen molar-refractivity contribution in [3.8, 4) is 0 Å². The first-order chi connectivity index (χ1) is 6.76. The fourth-order valence-corrected chi connectivity index (χ4v) is 1.23. The van der Waals surface area contributed by atoms with Crippen LogP contribution in [0.4, 0.5) is 5.69 Å². The zero-order valence-corrected chi connectivity index (χ0v) is 8.53. The number of aliphatic imine (C=N–C) groups is 1. The number of amidine groups is 1. The molecule has 0 aliphatic rings. The van der Waals surface area contributed by atoms with Crippen molar-refractivity contribution >= 4 is 11.5 Å². The molecule has 0 bridgehead atoms. The Hall–Kier alpha value is -1.35. The summed E-state index contributed by atoms with van der Waals surface area (Å²) < 4.78 is 0. The van der Waals surface area contributed by atoms with Crippen LogP contribution in [0.15, 0.2) is 29.3 Å². The maximum atomic E-state index is 5.73. The Bertz CT molecular complexity index is 318. The van der Waals surface area contributed by atoms with Gasteiger partial charge in [0.25, 0.3) is 0 Å². The quantitative estimate of drug-likeness (QED) is 0.564. The Morgan fingerprint density at radius 2 is 2.21 bits per heavy atom. The molecule has 14 heavy (non-hydrogen) atoms. The molecule has 1 aromatic rings. The molecule has 0 aliphatic carbocycles. The summed E-state index contributed by atoms with van der Waals surface area (Å²) in [4.78, 5) is 4.30. The van der Waals surface area contributed by atoms with Crippen molar-refractivity contribution in [2.45, 2.75) is 26.3 Å². The second-order valence-corrected chi connectivity index (χ2v) is 3.23. The van der Waals surface area contributed by atoms with Gasteiger partial charge in [0.05, 0.1) is 11.5 Å². The van der Waals surface area contributed by atoms with Crippen LogP contribution >= 0.6 is 0 Å². The Morgan fingerprint density at radius 1 is 1.43 bits per heavy atom. The van der Waals surface area contributed by atoms with E-state index in [1.54, 1.807) is 0 Å². The predicted molar refractivity (Wildman–Crippen MR) is 60.5 cm³/mol. The molecule has 1 rings (SSSR count). The lowest BCUT2D eigenvalue weighted by molar-refractivity contribution is 0.983. The minimum atomic E-state index is 0.539. The van der Waals surface area contributed by atoms with Crippen molar-refractivity contribution in [2.24, 2.45) is 16.5 Å². The third kappa shape index (κ3) is 3.18.